The molecule has 2 unspecified atom stereocenters. The third-order valence-corrected chi connectivity index (χ3v) is 3.81. The zero-order valence-electron chi connectivity index (χ0n) is 13.0. The molecule has 1 aromatic rings. The van der Waals surface area contributed by atoms with Crippen molar-refractivity contribution in [1.29, 1.82) is 0 Å². The molecule has 1 fully saturated rings. The molecule has 1 heterocycles. The Morgan fingerprint density at radius 3 is 2.77 bits per heavy atom. The number of morpholine rings is 1. The van der Waals surface area contributed by atoms with Crippen molar-refractivity contribution in [2.45, 2.75) is 32.0 Å². The van der Waals surface area contributed by atoms with Crippen molar-refractivity contribution in [2.24, 2.45) is 0 Å². The van der Waals surface area contributed by atoms with E-state index in [0.717, 1.165) is 5.56 Å². The Bertz CT molecular complexity index is 559. The van der Waals surface area contributed by atoms with E-state index in [1.807, 2.05) is 31.2 Å². The van der Waals surface area contributed by atoms with Crippen LogP contribution >= 0.6 is 0 Å². The normalized spacial score (nSPS) is 23.0. The summed E-state index contributed by atoms with van der Waals surface area (Å²) in [6, 6.07) is 7.34. The Labute approximate surface area is 129 Å². The number of methoxy groups -OCH3 is 1. The van der Waals surface area contributed by atoms with E-state index in [-0.39, 0.29) is 24.5 Å². The van der Waals surface area contributed by atoms with Gasteiger partial charge in [-0.05, 0) is 31.5 Å². The lowest BCUT2D eigenvalue weighted by Gasteiger charge is -2.36. The summed E-state index contributed by atoms with van der Waals surface area (Å²) in [5, 5.41) is 9.10. The van der Waals surface area contributed by atoms with Crippen molar-refractivity contribution in [3.8, 4) is 5.75 Å². The second-order valence-corrected chi connectivity index (χ2v) is 5.52. The summed E-state index contributed by atoms with van der Waals surface area (Å²) in [6.45, 7) is 4.06. The minimum absolute atomic E-state index is 0.0762. The molecular formula is C16H21NO5. The van der Waals surface area contributed by atoms with Crippen LogP contribution in [-0.2, 0) is 14.3 Å². The van der Waals surface area contributed by atoms with Crippen LogP contribution in [0.2, 0.25) is 0 Å². The van der Waals surface area contributed by atoms with Gasteiger partial charge in [-0.15, -0.1) is 0 Å². The van der Waals surface area contributed by atoms with Gasteiger partial charge in [0.25, 0.3) is 0 Å². The van der Waals surface area contributed by atoms with Gasteiger partial charge in [-0.1, -0.05) is 12.1 Å². The van der Waals surface area contributed by atoms with Gasteiger partial charge >= 0.3 is 5.97 Å². The highest BCUT2D eigenvalue weighted by Gasteiger charge is 2.34. The zero-order chi connectivity index (χ0) is 16.3. The number of rotatable bonds is 4. The molecular weight excluding hydrogens is 286 g/mol. The number of carbonyl (C=O) groups is 2. The van der Waals surface area contributed by atoms with Crippen LogP contribution in [0.15, 0.2) is 24.3 Å². The number of carboxylic acids is 1. The lowest BCUT2D eigenvalue weighted by molar-refractivity contribution is -0.166. The molecule has 120 valence electrons. The fourth-order valence-electron chi connectivity index (χ4n) is 2.60. The summed E-state index contributed by atoms with van der Waals surface area (Å²) in [4.78, 5) is 25.3. The van der Waals surface area contributed by atoms with Gasteiger partial charge in [0.05, 0.1) is 25.7 Å². The Morgan fingerprint density at radius 2 is 2.14 bits per heavy atom. The predicted octanol–water partition coefficient (Wildman–Crippen LogP) is 1.50. The number of amides is 1. The van der Waals surface area contributed by atoms with Crippen LogP contribution < -0.4 is 4.74 Å². The molecule has 1 aromatic carbocycles. The first kappa shape index (κ1) is 16.3. The molecule has 0 bridgehead atoms. The Hall–Kier alpha value is -2.08. The molecule has 0 spiro atoms. The van der Waals surface area contributed by atoms with Gasteiger partial charge in [-0.2, -0.15) is 0 Å². The molecule has 3 atom stereocenters. The van der Waals surface area contributed by atoms with Crippen LogP contribution in [-0.4, -0.2) is 54.3 Å². The first-order valence-corrected chi connectivity index (χ1v) is 7.23. The van der Waals surface area contributed by atoms with Crippen LogP contribution in [0.4, 0.5) is 0 Å². The minimum Gasteiger partial charge on any atom is -0.497 e. The molecule has 6 heteroatoms. The molecule has 1 aliphatic heterocycles. The average molecular weight is 307 g/mol. The molecule has 22 heavy (non-hydrogen) atoms. The summed E-state index contributed by atoms with van der Waals surface area (Å²) in [6.07, 6.45) is -1.26. The highest BCUT2D eigenvalue weighted by Crippen LogP contribution is 2.24. The van der Waals surface area contributed by atoms with E-state index >= 15 is 0 Å². The van der Waals surface area contributed by atoms with E-state index in [2.05, 4.69) is 0 Å². The maximum Gasteiger partial charge on any atom is 0.334 e. The fourth-order valence-corrected chi connectivity index (χ4v) is 2.60. The molecule has 1 aliphatic rings. The molecule has 0 radical (unpaired) electrons. The smallest absolute Gasteiger partial charge is 0.334 e. The summed E-state index contributed by atoms with van der Waals surface area (Å²) in [5.41, 5.74) is 0.843. The standard InChI is InChI=1S/C16H21NO5/c1-10-8-17(9-14(22-10)16(19)20)15(18)11(2)12-5-4-6-13(7-12)21-3/h4-7,10-11,14H,8-9H2,1-3H3,(H,19,20)/t10-,11?,14?/m1/s1. The fraction of sp³-hybridized carbons (Fsp3) is 0.500. The lowest BCUT2D eigenvalue weighted by atomic mass is 9.98. The summed E-state index contributed by atoms with van der Waals surface area (Å²) in [7, 11) is 1.58. The number of aliphatic carboxylic acids is 1. The van der Waals surface area contributed by atoms with Gasteiger partial charge in [0.15, 0.2) is 6.10 Å². The molecule has 1 amide bonds. The number of carbonyl (C=O) groups excluding carboxylic acids is 1. The molecule has 6 nitrogen and oxygen atoms in total. The van der Waals surface area contributed by atoms with Gasteiger partial charge in [0, 0.05) is 6.54 Å². The topological polar surface area (TPSA) is 76.1 Å². The van der Waals surface area contributed by atoms with E-state index in [0.29, 0.717) is 12.3 Å². The van der Waals surface area contributed by atoms with Gasteiger partial charge in [0.2, 0.25) is 5.91 Å². The number of hydrogen-bond donors (Lipinski definition) is 1. The van der Waals surface area contributed by atoms with Gasteiger partial charge < -0.3 is 19.5 Å². The van der Waals surface area contributed by atoms with Crippen LogP contribution in [0.1, 0.15) is 25.3 Å². The molecule has 0 aliphatic carbocycles. The SMILES string of the molecule is COc1cccc(C(C)C(=O)N2CC(C(=O)O)O[C@H](C)C2)c1. The van der Waals surface area contributed by atoms with Gasteiger partial charge in [-0.25, -0.2) is 4.79 Å². The van der Waals surface area contributed by atoms with E-state index in [4.69, 9.17) is 14.6 Å². The Morgan fingerprint density at radius 1 is 1.41 bits per heavy atom. The van der Waals surface area contributed by atoms with Gasteiger partial charge in [0.1, 0.15) is 5.75 Å². The molecule has 2 rings (SSSR count). The number of ether oxygens (including phenoxy) is 2. The highest BCUT2D eigenvalue weighted by molar-refractivity contribution is 5.84. The zero-order valence-corrected chi connectivity index (χ0v) is 13.0. The molecule has 1 N–H and O–H groups in total. The van der Waals surface area contributed by atoms with E-state index in [1.54, 1.807) is 18.9 Å². The van der Waals surface area contributed by atoms with Crippen molar-refractivity contribution >= 4 is 11.9 Å². The van der Waals surface area contributed by atoms with Crippen molar-refractivity contribution in [1.82, 2.24) is 4.90 Å². The lowest BCUT2D eigenvalue weighted by Crippen LogP contribution is -2.52. The first-order valence-electron chi connectivity index (χ1n) is 7.23. The molecule has 0 saturated carbocycles. The van der Waals surface area contributed by atoms with E-state index in [1.165, 1.54) is 0 Å². The van der Waals surface area contributed by atoms with Crippen molar-refractivity contribution < 1.29 is 24.2 Å². The first-order chi connectivity index (χ1) is 10.4. The van der Waals surface area contributed by atoms with E-state index < -0.39 is 12.1 Å². The molecule has 0 aromatic heterocycles. The highest BCUT2D eigenvalue weighted by atomic mass is 16.5. The van der Waals surface area contributed by atoms with Crippen molar-refractivity contribution in [3.63, 3.8) is 0 Å². The van der Waals surface area contributed by atoms with Crippen molar-refractivity contribution in [2.75, 3.05) is 20.2 Å². The summed E-state index contributed by atoms with van der Waals surface area (Å²) >= 11 is 0. The largest absolute Gasteiger partial charge is 0.497 e. The maximum atomic E-state index is 12.6. The minimum atomic E-state index is -1.04. The van der Waals surface area contributed by atoms with Crippen LogP contribution in [0.3, 0.4) is 0 Å². The Kier molecular flexibility index (Phi) is 5.03. The summed E-state index contributed by atoms with van der Waals surface area (Å²) in [5.74, 6) is -0.821. The van der Waals surface area contributed by atoms with Crippen LogP contribution in [0.5, 0.6) is 5.75 Å². The monoisotopic (exact) mass is 307 g/mol. The molecule has 1 saturated heterocycles. The predicted molar refractivity (Wildman–Crippen MR) is 80.0 cm³/mol. The maximum absolute atomic E-state index is 12.6. The number of carboxylic acid groups (broad SMARTS) is 1. The summed E-state index contributed by atoms with van der Waals surface area (Å²) < 4.78 is 10.5. The second-order valence-electron chi connectivity index (χ2n) is 5.52. The number of nitrogens with zero attached hydrogens (tertiary/aromatic N) is 1. The number of benzene rings is 1. The third-order valence-electron chi connectivity index (χ3n) is 3.81. The van der Waals surface area contributed by atoms with Crippen LogP contribution in [0, 0.1) is 0 Å². The Balaban J connectivity index is 2.13. The number of hydrogen-bond acceptors (Lipinski definition) is 4. The average Bonchev–Trinajstić information content (AvgIpc) is 2.52. The third kappa shape index (κ3) is 3.57. The van der Waals surface area contributed by atoms with Gasteiger partial charge in [-0.3, -0.25) is 4.79 Å². The van der Waals surface area contributed by atoms with E-state index in [9.17, 15) is 9.59 Å². The van der Waals surface area contributed by atoms with Crippen molar-refractivity contribution in [3.05, 3.63) is 29.8 Å². The quantitative estimate of drug-likeness (QED) is 0.912. The van der Waals surface area contributed by atoms with Crippen LogP contribution in [0.25, 0.3) is 0 Å². The second kappa shape index (κ2) is 6.79.